The van der Waals surface area contributed by atoms with Crippen LogP contribution in [0.15, 0.2) is 162 Å². The van der Waals surface area contributed by atoms with Gasteiger partial charge in [-0.3, -0.25) is 0 Å². The van der Waals surface area contributed by atoms with Gasteiger partial charge >= 0.3 is 6.85 Å². The standard InChI is InChI=1S/C50H33BN2O/c1-50(2)38-24-11-9-19-33(38)47-43(50)35-22-13-21-32-37-27-31(42(29-15-5-3-6-16-29)30-17-7-4-8-18-30)28-40-44(37)51(53(47)45(32)35)39-25-14-23-36-46(39)52(40)48-34-20-10-12-26-41(34)54-49(36)48/h3-28,42H,1-2H3. The van der Waals surface area contributed by atoms with E-state index in [0.717, 1.165) is 22.1 Å². The van der Waals surface area contributed by atoms with Crippen molar-refractivity contribution < 1.29 is 4.42 Å². The molecule has 1 aliphatic carbocycles. The highest BCUT2D eigenvalue weighted by molar-refractivity contribution is 6.89. The van der Waals surface area contributed by atoms with Crippen molar-refractivity contribution in [2.24, 2.45) is 0 Å². The second-order valence-electron chi connectivity index (χ2n) is 16.0. The molecule has 0 bridgehead atoms. The quantitative estimate of drug-likeness (QED) is 0.134. The van der Waals surface area contributed by atoms with Gasteiger partial charge in [-0.15, -0.1) is 0 Å². The molecule has 0 N–H and O–H groups in total. The van der Waals surface area contributed by atoms with Gasteiger partial charge < -0.3 is 13.5 Å². The van der Waals surface area contributed by atoms with Crippen LogP contribution in [0.25, 0.3) is 71.9 Å². The number of para-hydroxylation sites is 3. The summed E-state index contributed by atoms with van der Waals surface area (Å²) < 4.78 is 12.1. The third kappa shape index (κ3) is 3.37. The van der Waals surface area contributed by atoms with Gasteiger partial charge in [0, 0.05) is 55.5 Å². The molecule has 13 rings (SSSR count). The van der Waals surface area contributed by atoms with Crippen molar-refractivity contribution in [2.75, 3.05) is 0 Å². The van der Waals surface area contributed by atoms with E-state index in [1.807, 2.05) is 0 Å². The van der Waals surface area contributed by atoms with Crippen LogP contribution in [0.2, 0.25) is 0 Å². The molecule has 10 aromatic rings. The average Bonchev–Trinajstić information content (AvgIpc) is 3.93. The highest BCUT2D eigenvalue weighted by atomic mass is 16.3. The first kappa shape index (κ1) is 29.0. The highest BCUT2D eigenvalue weighted by Crippen LogP contribution is 2.55. The van der Waals surface area contributed by atoms with E-state index in [9.17, 15) is 0 Å². The largest absolute Gasteiger partial charge is 0.454 e. The van der Waals surface area contributed by atoms with E-state index in [2.05, 4.69) is 181 Å². The van der Waals surface area contributed by atoms with E-state index < -0.39 is 0 Å². The molecule has 3 aromatic heterocycles. The second-order valence-corrected chi connectivity index (χ2v) is 16.0. The van der Waals surface area contributed by atoms with Crippen molar-refractivity contribution in [3.63, 3.8) is 0 Å². The fourth-order valence-corrected chi connectivity index (χ4v) is 10.9. The van der Waals surface area contributed by atoms with Crippen molar-refractivity contribution in [1.29, 1.82) is 0 Å². The van der Waals surface area contributed by atoms with Gasteiger partial charge in [0.15, 0.2) is 5.58 Å². The van der Waals surface area contributed by atoms with E-state index >= 15 is 0 Å². The SMILES string of the molecule is CC1(C)c2ccccc2-c2c1c1cccc3c1n2B1c2c-3cc(C(c3ccccc3)c3ccccc3)cc2-n2c3c1cccc3c1oc3ccccc3c12. The van der Waals surface area contributed by atoms with Crippen LogP contribution in [0.4, 0.5) is 0 Å². The van der Waals surface area contributed by atoms with Gasteiger partial charge in [-0.1, -0.05) is 147 Å². The van der Waals surface area contributed by atoms with Crippen LogP contribution in [0.5, 0.6) is 0 Å². The molecule has 0 radical (unpaired) electrons. The van der Waals surface area contributed by atoms with Crippen LogP contribution < -0.4 is 10.9 Å². The summed E-state index contributed by atoms with van der Waals surface area (Å²) >= 11 is 0. The molecule has 0 spiro atoms. The summed E-state index contributed by atoms with van der Waals surface area (Å²) in [7, 11) is 0. The minimum Gasteiger partial charge on any atom is -0.454 e. The first-order valence-corrected chi connectivity index (χ1v) is 19.1. The Kier molecular flexibility index (Phi) is 5.32. The normalized spacial score (nSPS) is 14.4. The Balaban J connectivity index is 1.24. The van der Waals surface area contributed by atoms with Gasteiger partial charge in [0.1, 0.15) is 11.1 Å². The lowest BCUT2D eigenvalue weighted by atomic mass is 9.45. The molecular formula is C50H33BN2O. The van der Waals surface area contributed by atoms with E-state index in [1.165, 1.54) is 88.6 Å². The van der Waals surface area contributed by atoms with Gasteiger partial charge in [0.25, 0.3) is 0 Å². The summed E-state index contributed by atoms with van der Waals surface area (Å²) in [6.45, 7) is 4.82. The number of rotatable bonds is 3. The van der Waals surface area contributed by atoms with E-state index in [4.69, 9.17) is 4.42 Å². The average molecular weight is 689 g/mol. The Labute approximate surface area is 312 Å². The fourth-order valence-electron chi connectivity index (χ4n) is 10.9. The molecule has 0 saturated heterocycles. The van der Waals surface area contributed by atoms with Crippen molar-refractivity contribution >= 4 is 61.6 Å². The van der Waals surface area contributed by atoms with Gasteiger partial charge in [0.2, 0.25) is 0 Å². The summed E-state index contributed by atoms with van der Waals surface area (Å²) in [5.74, 6) is 0.0518. The van der Waals surface area contributed by atoms with Crippen LogP contribution >= 0.6 is 0 Å². The predicted octanol–water partition coefficient (Wildman–Crippen LogP) is 10.9. The molecule has 7 aromatic carbocycles. The monoisotopic (exact) mass is 688 g/mol. The van der Waals surface area contributed by atoms with E-state index in [-0.39, 0.29) is 18.2 Å². The van der Waals surface area contributed by atoms with Gasteiger partial charge in [-0.05, 0) is 68.6 Å². The Morgan fingerprint density at radius 2 is 1.22 bits per heavy atom. The molecular weight excluding hydrogens is 655 g/mol. The molecule has 4 heteroatoms. The summed E-state index contributed by atoms with van der Waals surface area (Å²) in [4.78, 5) is 0. The zero-order valence-electron chi connectivity index (χ0n) is 30.0. The van der Waals surface area contributed by atoms with E-state index in [0.29, 0.717) is 0 Å². The molecule has 0 unspecified atom stereocenters. The first-order valence-electron chi connectivity index (χ1n) is 19.1. The second kappa shape index (κ2) is 9.92. The molecule has 54 heavy (non-hydrogen) atoms. The van der Waals surface area contributed by atoms with E-state index in [1.54, 1.807) is 0 Å². The molecule has 0 saturated carbocycles. The minimum atomic E-state index is -0.135. The van der Waals surface area contributed by atoms with Crippen molar-refractivity contribution in [3.8, 4) is 28.1 Å². The van der Waals surface area contributed by atoms with Gasteiger partial charge in [0.05, 0.1) is 5.52 Å². The maximum atomic E-state index is 6.80. The van der Waals surface area contributed by atoms with Crippen LogP contribution in [-0.4, -0.2) is 15.9 Å². The Hall–Kier alpha value is -6.52. The first-order chi connectivity index (χ1) is 26.6. The van der Waals surface area contributed by atoms with Crippen molar-refractivity contribution in [2.45, 2.75) is 25.2 Å². The number of fused-ring (bicyclic) bond motifs is 14. The fraction of sp³-hybridized carbons (Fsp3) is 0.0800. The maximum absolute atomic E-state index is 6.80. The lowest BCUT2D eigenvalue weighted by Crippen LogP contribution is -2.55. The molecule has 2 aliphatic heterocycles. The zero-order valence-corrected chi connectivity index (χ0v) is 30.0. The van der Waals surface area contributed by atoms with Gasteiger partial charge in [-0.25, -0.2) is 0 Å². The molecule has 252 valence electrons. The zero-order chi connectivity index (χ0) is 35.4. The Morgan fingerprint density at radius 3 is 2.04 bits per heavy atom. The third-order valence-electron chi connectivity index (χ3n) is 13.0. The van der Waals surface area contributed by atoms with Crippen molar-refractivity contribution in [1.82, 2.24) is 9.05 Å². The summed E-state index contributed by atoms with van der Waals surface area (Å²) in [6, 6.07) is 58.7. The number of aromatic nitrogens is 2. The lowest BCUT2D eigenvalue weighted by Gasteiger charge is -2.35. The van der Waals surface area contributed by atoms with Crippen molar-refractivity contribution in [3.05, 3.63) is 186 Å². The smallest absolute Gasteiger partial charge is 0.333 e. The van der Waals surface area contributed by atoms with Gasteiger partial charge in [-0.2, -0.15) is 0 Å². The number of hydrogen-bond acceptors (Lipinski definition) is 1. The number of nitrogens with zero attached hydrogens (tertiary/aromatic N) is 2. The third-order valence-corrected chi connectivity index (χ3v) is 13.0. The summed E-state index contributed by atoms with van der Waals surface area (Å²) in [5, 5.41) is 3.67. The Bertz CT molecular complexity index is 3210. The number of hydrogen-bond donors (Lipinski definition) is 0. The van der Waals surface area contributed by atoms with Crippen LogP contribution in [0, 0.1) is 0 Å². The van der Waals surface area contributed by atoms with Crippen LogP contribution in [-0.2, 0) is 5.41 Å². The Morgan fingerprint density at radius 1 is 0.556 bits per heavy atom. The summed E-state index contributed by atoms with van der Waals surface area (Å²) in [5.41, 5.74) is 21.5. The molecule has 0 atom stereocenters. The number of furan rings is 1. The minimum absolute atomic E-state index is 0.0134. The van der Waals surface area contributed by atoms with Crippen LogP contribution in [0.1, 0.15) is 47.6 Å². The molecule has 3 aliphatic rings. The lowest BCUT2D eigenvalue weighted by molar-refractivity contribution is 0.666. The number of benzene rings is 7. The maximum Gasteiger partial charge on any atom is 0.333 e. The predicted molar refractivity (Wildman–Crippen MR) is 223 cm³/mol. The highest BCUT2D eigenvalue weighted by Gasteiger charge is 2.48. The molecule has 0 fully saturated rings. The molecule has 5 heterocycles. The topological polar surface area (TPSA) is 23.0 Å². The molecule has 0 amide bonds. The van der Waals surface area contributed by atoms with Crippen LogP contribution in [0.3, 0.4) is 0 Å². The molecule has 3 nitrogen and oxygen atoms in total. The summed E-state index contributed by atoms with van der Waals surface area (Å²) in [6.07, 6.45) is 0.